The molecule has 0 bridgehead atoms. The van der Waals surface area contributed by atoms with E-state index in [4.69, 9.17) is 4.98 Å². The summed E-state index contributed by atoms with van der Waals surface area (Å²) in [6.45, 7) is 5.68. The molecule has 2 heteroatoms. The molecule has 34 heavy (non-hydrogen) atoms. The largest absolute Gasteiger partial charge is 0.335 e. The van der Waals surface area contributed by atoms with Crippen molar-refractivity contribution < 1.29 is 0 Å². The van der Waals surface area contributed by atoms with E-state index >= 15 is 0 Å². The Hall–Kier alpha value is -1.57. The van der Waals surface area contributed by atoms with Gasteiger partial charge in [-0.25, -0.2) is 4.98 Å². The second-order valence-electron chi connectivity index (χ2n) is 10.4. The molecule has 0 aliphatic rings. The number of hydrogen-bond acceptors (Lipinski definition) is 1. The molecule has 0 saturated carbocycles. The first kappa shape index (κ1) is 28.7. The van der Waals surface area contributed by atoms with Gasteiger partial charge in [-0.15, -0.1) is 0 Å². The number of imidazole rings is 1. The van der Waals surface area contributed by atoms with Crippen molar-refractivity contribution in [2.75, 3.05) is 0 Å². The summed E-state index contributed by atoms with van der Waals surface area (Å²) in [5.74, 6) is 1.33. The van der Waals surface area contributed by atoms with Gasteiger partial charge in [0, 0.05) is 19.2 Å². The second kappa shape index (κ2) is 19.7. The number of aryl methyl sites for hydroxylation is 4. The monoisotopic (exact) mass is 466 g/mol. The molecule has 0 N–H and O–H groups in total. The summed E-state index contributed by atoms with van der Waals surface area (Å²) in [5, 5.41) is 0. The summed E-state index contributed by atoms with van der Waals surface area (Å²) in [5.41, 5.74) is 2.73. The van der Waals surface area contributed by atoms with Gasteiger partial charge in [0.2, 0.25) is 0 Å². The SMILES string of the molecule is CCCCCCCCCCCCCCCCCc1nc(CCCc2ccccc2)cn1CCC. The van der Waals surface area contributed by atoms with Gasteiger partial charge in [-0.2, -0.15) is 0 Å². The third-order valence-electron chi connectivity index (χ3n) is 7.12. The van der Waals surface area contributed by atoms with Crippen molar-refractivity contribution in [1.29, 1.82) is 0 Å². The number of unbranched alkanes of at least 4 members (excludes halogenated alkanes) is 14. The second-order valence-corrected chi connectivity index (χ2v) is 10.4. The quantitative estimate of drug-likeness (QED) is 0.158. The molecule has 1 aromatic heterocycles. The van der Waals surface area contributed by atoms with E-state index in [1.807, 2.05) is 0 Å². The summed E-state index contributed by atoms with van der Waals surface area (Å²) >= 11 is 0. The molecular weight excluding hydrogens is 412 g/mol. The Labute approximate surface area is 212 Å². The van der Waals surface area contributed by atoms with Gasteiger partial charge >= 0.3 is 0 Å². The first-order valence-electron chi connectivity index (χ1n) is 14.9. The lowest BCUT2D eigenvalue weighted by Crippen LogP contribution is -2.02. The van der Waals surface area contributed by atoms with Crippen LogP contribution in [0.25, 0.3) is 0 Å². The molecule has 1 aromatic carbocycles. The standard InChI is InChI=1S/C32H54N2/c1-3-5-6-7-8-9-10-11-12-13-14-15-16-17-21-27-32-33-31(29-34(32)28-4-2)26-22-25-30-23-19-18-20-24-30/h18-20,23-24,29H,3-17,21-22,25-28H2,1-2H3. The predicted molar refractivity (Wildman–Crippen MR) is 150 cm³/mol. The lowest BCUT2D eigenvalue weighted by molar-refractivity contribution is 0.529. The highest BCUT2D eigenvalue weighted by atomic mass is 15.1. The van der Waals surface area contributed by atoms with Gasteiger partial charge in [-0.1, -0.05) is 134 Å². The average Bonchev–Trinajstić information content (AvgIpc) is 3.23. The maximum atomic E-state index is 5.03. The Morgan fingerprint density at radius 1 is 0.559 bits per heavy atom. The number of aromatic nitrogens is 2. The van der Waals surface area contributed by atoms with Crippen molar-refractivity contribution in [2.24, 2.45) is 0 Å². The smallest absolute Gasteiger partial charge is 0.108 e. The minimum atomic E-state index is 1.09. The van der Waals surface area contributed by atoms with Crippen LogP contribution >= 0.6 is 0 Å². The van der Waals surface area contributed by atoms with Gasteiger partial charge in [-0.3, -0.25) is 0 Å². The highest BCUT2D eigenvalue weighted by Gasteiger charge is 2.08. The average molecular weight is 467 g/mol. The molecule has 0 aliphatic heterocycles. The minimum Gasteiger partial charge on any atom is -0.335 e. The summed E-state index contributed by atoms with van der Waals surface area (Å²) in [6, 6.07) is 10.8. The Kier molecular flexibility index (Phi) is 16.6. The summed E-state index contributed by atoms with van der Waals surface area (Å²) < 4.78 is 2.43. The fourth-order valence-corrected chi connectivity index (χ4v) is 5.04. The highest BCUT2D eigenvalue weighted by Crippen LogP contribution is 2.15. The Balaban J connectivity index is 1.49. The zero-order valence-electron chi connectivity index (χ0n) is 22.7. The summed E-state index contributed by atoms with van der Waals surface area (Å²) in [6.07, 6.45) is 29.5. The topological polar surface area (TPSA) is 17.8 Å². The molecule has 192 valence electrons. The lowest BCUT2D eigenvalue weighted by Gasteiger charge is -2.06. The maximum absolute atomic E-state index is 5.03. The number of rotatable bonds is 22. The number of benzene rings is 1. The van der Waals surface area contributed by atoms with Crippen molar-refractivity contribution in [3.8, 4) is 0 Å². The van der Waals surface area contributed by atoms with Crippen LogP contribution in [-0.2, 0) is 25.8 Å². The first-order chi connectivity index (χ1) is 16.8. The van der Waals surface area contributed by atoms with Crippen LogP contribution in [0.4, 0.5) is 0 Å². The molecule has 0 saturated heterocycles. The van der Waals surface area contributed by atoms with Gasteiger partial charge in [0.15, 0.2) is 0 Å². The van der Waals surface area contributed by atoms with Gasteiger partial charge in [-0.05, 0) is 37.7 Å². The van der Waals surface area contributed by atoms with Crippen LogP contribution in [0.3, 0.4) is 0 Å². The molecule has 1 heterocycles. The van der Waals surface area contributed by atoms with E-state index < -0.39 is 0 Å². The molecule has 0 atom stereocenters. The molecule has 2 nitrogen and oxygen atoms in total. The molecule has 2 aromatic rings. The lowest BCUT2D eigenvalue weighted by atomic mass is 10.0. The molecule has 2 rings (SSSR count). The van der Waals surface area contributed by atoms with E-state index in [2.05, 4.69) is 54.9 Å². The first-order valence-corrected chi connectivity index (χ1v) is 14.9. The normalized spacial score (nSPS) is 11.4. The van der Waals surface area contributed by atoms with Crippen LogP contribution in [0.2, 0.25) is 0 Å². The Bertz CT molecular complexity index is 703. The molecule has 0 aliphatic carbocycles. The van der Waals surface area contributed by atoms with Crippen LogP contribution in [0.1, 0.15) is 140 Å². The van der Waals surface area contributed by atoms with E-state index in [0.717, 1.165) is 25.8 Å². The van der Waals surface area contributed by atoms with Crippen LogP contribution in [-0.4, -0.2) is 9.55 Å². The minimum absolute atomic E-state index is 1.09. The maximum Gasteiger partial charge on any atom is 0.108 e. The van der Waals surface area contributed by atoms with E-state index in [1.54, 1.807) is 0 Å². The third kappa shape index (κ3) is 13.4. The Morgan fingerprint density at radius 3 is 1.68 bits per heavy atom. The molecule has 0 fully saturated rings. The van der Waals surface area contributed by atoms with Gasteiger partial charge < -0.3 is 4.57 Å². The fourth-order valence-electron chi connectivity index (χ4n) is 5.04. The van der Waals surface area contributed by atoms with Crippen molar-refractivity contribution in [2.45, 2.75) is 149 Å². The van der Waals surface area contributed by atoms with Crippen molar-refractivity contribution in [3.05, 3.63) is 53.6 Å². The number of hydrogen-bond donors (Lipinski definition) is 0. The fraction of sp³-hybridized carbons (Fsp3) is 0.719. The molecule has 0 amide bonds. The van der Waals surface area contributed by atoms with Gasteiger partial charge in [0.1, 0.15) is 5.82 Å². The predicted octanol–water partition coefficient (Wildman–Crippen LogP) is 9.88. The van der Waals surface area contributed by atoms with E-state index in [1.165, 1.54) is 126 Å². The van der Waals surface area contributed by atoms with Crippen LogP contribution < -0.4 is 0 Å². The van der Waals surface area contributed by atoms with E-state index in [-0.39, 0.29) is 0 Å². The van der Waals surface area contributed by atoms with Crippen LogP contribution in [0.15, 0.2) is 36.5 Å². The van der Waals surface area contributed by atoms with Crippen LogP contribution in [0.5, 0.6) is 0 Å². The summed E-state index contributed by atoms with van der Waals surface area (Å²) in [7, 11) is 0. The van der Waals surface area contributed by atoms with Crippen LogP contribution in [0, 0.1) is 0 Å². The zero-order valence-corrected chi connectivity index (χ0v) is 22.7. The highest BCUT2D eigenvalue weighted by molar-refractivity contribution is 5.15. The molecule has 0 unspecified atom stereocenters. The summed E-state index contributed by atoms with van der Waals surface area (Å²) in [4.78, 5) is 5.03. The van der Waals surface area contributed by atoms with Gasteiger partial charge in [0.05, 0.1) is 5.69 Å². The van der Waals surface area contributed by atoms with E-state index in [0.29, 0.717) is 0 Å². The van der Waals surface area contributed by atoms with Crippen molar-refractivity contribution in [1.82, 2.24) is 9.55 Å². The van der Waals surface area contributed by atoms with Gasteiger partial charge in [0.25, 0.3) is 0 Å². The molecular formula is C32H54N2. The third-order valence-corrected chi connectivity index (χ3v) is 7.12. The molecule has 0 radical (unpaired) electrons. The van der Waals surface area contributed by atoms with Crippen molar-refractivity contribution >= 4 is 0 Å². The van der Waals surface area contributed by atoms with Crippen molar-refractivity contribution in [3.63, 3.8) is 0 Å². The van der Waals surface area contributed by atoms with E-state index in [9.17, 15) is 0 Å². The molecule has 0 spiro atoms. The number of nitrogens with zero attached hydrogens (tertiary/aromatic N) is 2. The zero-order chi connectivity index (χ0) is 24.1. The Morgan fingerprint density at radius 2 is 1.12 bits per heavy atom.